The largest absolute Gasteiger partial charge is 0.339 e. The van der Waals surface area contributed by atoms with Gasteiger partial charge in [-0.15, -0.1) is 0 Å². The van der Waals surface area contributed by atoms with Crippen LogP contribution in [0.1, 0.15) is 75.2 Å². The zero-order valence-electron chi connectivity index (χ0n) is 17.2. The lowest BCUT2D eigenvalue weighted by Crippen LogP contribution is -2.35. The molecule has 1 aliphatic carbocycles. The van der Waals surface area contributed by atoms with Gasteiger partial charge in [0.2, 0.25) is 0 Å². The number of ketones is 1. The highest BCUT2D eigenvalue weighted by Crippen LogP contribution is 2.38. The molecule has 2 heterocycles. The maximum Gasteiger partial charge on any atom is 0.253 e. The van der Waals surface area contributed by atoms with Crippen molar-refractivity contribution in [2.45, 2.75) is 38.5 Å². The molecule has 5 rings (SSSR count). The van der Waals surface area contributed by atoms with Gasteiger partial charge in [-0.05, 0) is 73.9 Å². The summed E-state index contributed by atoms with van der Waals surface area (Å²) in [6.45, 7) is 3.14. The summed E-state index contributed by atoms with van der Waals surface area (Å²) in [6, 6.07) is 10.9. The number of hydrogen-bond donors (Lipinski definition) is 0. The first-order chi connectivity index (χ1) is 14.6. The Hall–Kier alpha value is -2.95. The fraction of sp³-hybridized carbons (Fsp3) is 0.400. The number of hydrogen-bond acceptors (Lipinski definition) is 3. The van der Waals surface area contributed by atoms with Crippen LogP contribution in [0.15, 0.2) is 36.4 Å². The van der Waals surface area contributed by atoms with Gasteiger partial charge in [0, 0.05) is 48.4 Å². The molecule has 0 spiro atoms. The molecule has 3 aliphatic rings. The van der Waals surface area contributed by atoms with Crippen molar-refractivity contribution >= 4 is 17.6 Å². The second-order valence-electron chi connectivity index (χ2n) is 8.56. The van der Waals surface area contributed by atoms with Crippen molar-refractivity contribution in [3.8, 4) is 11.1 Å². The zero-order chi connectivity index (χ0) is 20.7. The Morgan fingerprint density at radius 2 is 0.967 bits per heavy atom. The number of fused-ring (bicyclic) bond motifs is 3. The van der Waals surface area contributed by atoms with Crippen molar-refractivity contribution in [3.05, 3.63) is 58.7 Å². The summed E-state index contributed by atoms with van der Waals surface area (Å²) >= 11 is 0. The van der Waals surface area contributed by atoms with Gasteiger partial charge < -0.3 is 9.80 Å². The Bertz CT molecular complexity index is 949. The third kappa shape index (κ3) is 3.22. The van der Waals surface area contributed by atoms with E-state index < -0.39 is 0 Å². The predicted octanol–water partition coefficient (Wildman–Crippen LogP) is 4.15. The molecule has 2 fully saturated rings. The Labute approximate surface area is 176 Å². The van der Waals surface area contributed by atoms with E-state index in [0.717, 1.165) is 63.0 Å². The average Bonchev–Trinajstić information content (AvgIpc) is 3.10. The number of benzene rings is 2. The summed E-state index contributed by atoms with van der Waals surface area (Å²) in [5.41, 5.74) is 3.97. The van der Waals surface area contributed by atoms with Crippen LogP contribution in [-0.4, -0.2) is 53.6 Å². The van der Waals surface area contributed by atoms with E-state index in [1.807, 2.05) is 34.1 Å². The molecule has 2 aromatic carbocycles. The van der Waals surface area contributed by atoms with Gasteiger partial charge in [0.25, 0.3) is 11.8 Å². The van der Waals surface area contributed by atoms with E-state index in [0.29, 0.717) is 22.3 Å². The molecule has 5 heteroatoms. The minimum absolute atomic E-state index is 0.00206. The van der Waals surface area contributed by atoms with Crippen molar-refractivity contribution in [1.82, 2.24) is 9.80 Å². The van der Waals surface area contributed by atoms with Gasteiger partial charge in [-0.1, -0.05) is 12.1 Å². The Morgan fingerprint density at radius 1 is 0.567 bits per heavy atom. The molecule has 30 heavy (non-hydrogen) atoms. The van der Waals surface area contributed by atoms with Crippen LogP contribution in [0.2, 0.25) is 0 Å². The molecule has 0 bridgehead atoms. The third-order valence-corrected chi connectivity index (χ3v) is 6.60. The van der Waals surface area contributed by atoms with Gasteiger partial charge in [-0.25, -0.2) is 0 Å². The molecule has 2 aromatic rings. The Kier molecular flexibility index (Phi) is 4.89. The molecule has 5 nitrogen and oxygen atoms in total. The Morgan fingerprint density at radius 3 is 1.37 bits per heavy atom. The Balaban J connectivity index is 1.43. The van der Waals surface area contributed by atoms with Gasteiger partial charge in [0.05, 0.1) is 0 Å². The highest BCUT2D eigenvalue weighted by atomic mass is 16.2. The van der Waals surface area contributed by atoms with Crippen molar-refractivity contribution < 1.29 is 14.4 Å². The van der Waals surface area contributed by atoms with Crippen LogP contribution in [0.5, 0.6) is 0 Å². The van der Waals surface area contributed by atoms with Crippen LogP contribution in [0.25, 0.3) is 11.1 Å². The van der Waals surface area contributed by atoms with Gasteiger partial charge in [-0.3, -0.25) is 14.4 Å². The number of carbonyl (C=O) groups excluding carboxylic acids is 3. The summed E-state index contributed by atoms with van der Waals surface area (Å²) in [7, 11) is 0. The smallest absolute Gasteiger partial charge is 0.253 e. The maximum atomic E-state index is 13.1. The van der Waals surface area contributed by atoms with Crippen molar-refractivity contribution in [3.63, 3.8) is 0 Å². The van der Waals surface area contributed by atoms with E-state index in [-0.39, 0.29) is 17.6 Å². The molecule has 2 aliphatic heterocycles. The summed E-state index contributed by atoms with van der Waals surface area (Å²) in [5, 5.41) is 0. The van der Waals surface area contributed by atoms with Crippen LogP contribution in [0, 0.1) is 0 Å². The van der Waals surface area contributed by atoms with Gasteiger partial charge in [0.15, 0.2) is 5.78 Å². The molecular formula is C25H26N2O3. The first-order valence-electron chi connectivity index (χ1n) is 11.1. The highest BCUT2D eigenvalue weighted by molar-refractivity contribution is 6.23. The number of nitrogens with zero attached hydrogens (tertiary/aromatic N) is 2. The van der Waals surface area contributed by atoms with Gasteiger partial charge in [-0.2, -0.15) is 0 Å². The SMILES string of the molecule is O=C1c2cc(C(=O)N3CCCCC3)ccc2-c2ccc(C(=O)N3CCCCC3)cc21. The molecule has 0 N–H and O–H groups in total. The minimum Gasteiger partial charge on any atom is -0.339 e. The first kappa shape index (κ1) is 19.0. The monoisotopic (exact) mass is 402 g/mol. The maximum absolute atomic E-state index is 13.1. The number of likely N-dealkylation sites (tertiary alicyclic amines) is 2. The first-order valence-corrected chi connectivity index (χ1v) is 11.1. The lowest BCUT2D eigenvalue weighted by Gasteiger charge is -2.26. The van der Waals surface area contributed by atoms with Crippen LogP contribution >= 0.6 is 0 Å². The van der Waals surface area contributed by atoms with Crippen molar-refractivity contribution in [1.29, 1.82) is 0 Å². The molecule has 0 aromatic heterocycles. The molecule has 0 saturated carbocycles. The van der Waals surface area contributed by atoms with Crippen LogP contribution in [0.3, 0.4) is 0 Å². The van der Waals surface area contributed by atoms with E-state index in [4.69, 9.17) is 0 Å². The molecule has 0 atom stereocenters. The number of amides is 2. The van der Waals surface area contributed by atoms with Crippen molar-refractivity contribution in [2.75, 3.05) is 26.2 Å². The quantitative estimate of drug-likeness (QED) is 0.647. The van der Waals surface area contributed by atoms with Crippen molar-refractivity contribution in [2.24, 2.45) is 0 Å². The number of piperidine rings is 2. The second kappa shape index (κ2) is 7.71. The fourth-order valence-electron chi connectivity index (χ4n) is 4.90. The molecule has 154 valence electrons. The third-order valence-electron chi connectivity index (χ3n) is 6.60. The second-order valence-corrected chi connectivity index (χ2v) is 8.56. The van der Waals surface area contributed by atoms with Gasteiger partial charge >= 0.3 is 0 Å². The molecule has 0 unspecified atom stereocenters. The summed E-state index contributed by atoms with van der Waals surface area (Å²) in [6.07, 6.45) is 6.48. The predicted molar refractivity (Wildman–Crippen MR) is 115 cm³/mol. The summed E-state index contributed by atoms with van der Waals surface area (Å²) in [4.78, 5) is 42.6. The molecule has 2 amide bonds. The van der Waals surface area contributed by atoms with E-state index in [9.17, 15) is 14.4 Å². The van der Waals surface area contributed by atoms with Crippen LogP contribution in [0.4, 0.5) is 0 Å². The molecule has 0 radical (unpaired) electrons. The summed E-state index contributed by atoms with van der Waals surface area (Å²) in [5.74, 6) is -0.0916. The highest BCUT2D eigenvalue weighted by Gasteiger charge is 2.30. The fourth-order valence-corrected chi connectivity index (χ4v) is 4.90. The standard InChI is InChI=1S/C25H26N2O3/c28-23-21-15-17(24(29)26-11-3-1-4-12-26)7-9-19(21)20-10-8-18(16-22(20)23)25(30)27-13-5-2-6-14-27/h7-10,15-16H,1-6,11-14H2. The van der Waals surface area contributed by atoms with E-state index in [1.54, 1.807) is 12.1 Å². The molecule has 2 saturated heterocycles. The average molecular weight is 402 g/mol. The van der Waals surface area contributed by atoms with E-state index in [1.165, 1.54) is 12.8 Å². The lowest BCUT2D eigenvalue weighted by atomic mass is 10.0. The molecular weight excluding hydrogens is 376 g/mol. The number of rotatable bonds is 2. The minimum atomic E-state index is -0.0958. The van der Waals surface area contributed by atoms with Crippen LogP contribution < -0.4 is 0 Å². The lowest BCUT2D eigenvalue weighted by molar-refractivity contribution is 0.0717. The summed E-state index contributed by atoms with van der Waals surface area (Å²) < 4.78 is 0. The topological polar surface area (TPSA) is 57.7 Å². The van der Waals surface area contributed by atoms with Gasteiger partial charge in [0.1, 0.15) is 0 Å². The van der Waals surface area contributed by atoms with E-state index in [2.05, 4.69) is 0 Å². The number of carbonyl (C=O) groups is 3. The zero-order valence-corrected chi connectivity index (χ0v) is 17.2. The normalized spacial score (nSPS) is 18.2. The van der Waals surface area contributed by atoms with E-state index >= 15 is 0 Å². The van der Waals surface area contributed by atoms with Crippen LogP contribution in [-0.2, 0) is 0 Å².